The molecule has 1 unspecified atom stereocenters. The summed E-state index contributed by atoms with van der Waals surface area (Å²) in [6.45, 7) is 5.88. The third-order valence-electron chi connectivity index (χ3n) is 2.95. The van der Waals surface area contributed by atoms with Crippen LogP contribution in [0.4, 0.5) is 0 Å². The number of unbranched alkanes of at least 4 members (excludes halogenated alkanes) is 4. The van der Waals surface area contributed by atoms with E-state index in [0.717, 1.165) is 45.6 Å². The fourth-order valence-corrected chi connectivity index (χ4v) is 2.11. The van der Waals surface area contributed by atoms with Crippen LogP contribution in [0, 0.1) is 0 Å². The van der Waals surface area contributed by atoms with E-state index in [9.17, 15) is 9.46 Å². The number of phosphoric acid groups is 1. The van der Waals surface area contributed by atoms with E-state index in [1.165, 1.54) is 0 Å². The standard InChI is InChI=1S/C14H31O6P/c1-4-6-8-10-18-12-14(19-11-9-7-5-2)13-20-21(15,16)17-3/h14H,4-13H2,1-3H3,(H,15,16)/t14-/m1/s1. The van der Waals surface area contributed by atoms with Gasteiger partial charge in [-0.2, -0.15) is 0 Å². The molecule has 0 radical (unpaired) electrons. The lowest BCUT2D eigenvalue weighted by atomic mass is 10.2. The second kappa shape index (κ2) is 13.7. The predicted octanol–water partition coefficient (Wildman–Crippen LogP) is 3.53. The first-order valence-electron chi connectivity index (χ1n) is 7.78. The third-order valence-corrected chi connectivity index (χ3v) is 3.89. The van der Waals surface area contributed by atoms with Crippen molar-refractivity contribution in [2.45, 2.75) is 58.5 Å². The SMILES string of the molecule is CCCCCOC[C@H](COP(=O)(O)OC)OCCCCC. The first kappa shape index (κ1) is 21.0. The van der Waals surface area contributed by atoms with Gasteiger partial charge in [0.1, 0.15) is 6.10 Å². The van der Waals surface area contributed by atoms with Gasteiger partial charge in [-0.25, -0.2) is 4.57 Å². The van der Waals surface area contributed by atoms with Gasteiger partial charge < -0.3 is 14.4 Å². The molecule has 0 amide bonds. The number of hydrogen-bond donors (Lipinski definition) is 1. The fraction of sp³-hybridized carbons (Fsp3) is 1.00. The Bertz CT molecular complexity index is 274. The predicted molar refractivity (Wildman–Crippen MR) is 82.4 cm³/mol. The summed E-state index contributed by atoms with van der Waals surface area (Å²) in [6.07, 6.45) is 6.12. The largest absolute Gasteiger partial charge is 0.472 e. The Hall–Kier alpha value is 0.0300. The van der Waals surface area contributed by atoms with Gasteiger partial charge in [0.25, 0.3) is 0 Å². The Balaban J connectivity index is 3.99. The summed E-state index contributed by atoms with van der Waals surface area (Å²) < 4.78 is 31.7. The van der Waals surface area contributed by atoms with Crippen molar-refractivity contribution in [3.05, 3.63) is 0 Å². The molecule has 0 aliphatic carbocycles. The molecule has 21 heavy (non-hydrogen) atoms. The topological polar surface area (TPSA) is 74.2 Å². The van der Waals surface area contributed by atoms with Crippen molar-refractivity contribution in [3.63, 3.8) is 0 Å². The minimum atomic E-state index is -3.96. The number of ether oxygens (including phenoxy) is 2. The Labute approximate surface area is 128 Å². The first-order chi connectivity index (χ1) is 10.1. The molecule has 0 aliphatic heterocycles. The van der Waals surface area contributed by atoms with Gasteiger partial charge in [-0.1, -0.05) is 39.5 Å². The van der Waals surface area contributed by atoms with Gasteiger partial charge in [0.2, 0.25) is 0 Å². The molecule has 0 saturated carbocycles. The maximum absolute atomic E-state index is 11.3. The highest BCUT2D eigenvalue weighted by atomic mass is 31.2. The van der Waals surface area contributed by atoms with E-state index in [2.05, 4.69) is 18.4 Å². The van der Waals surface area contributed by atoms with E-state index < -0.39 is 7.82 Å². The highest BCUT2D eigenvalue weighted by Gasteiger charge is 2.21. The van der Waals surface area contributed by atoms with E-state index in [1.54, 1.807) is 0 Å². The Morgan fingerprint density at radius 2 is 1.62 bits per heavy atom. The summed E-state index contributed by atoms with van der Waals surface area (Å²) in [5.41, 5.74) is 0. The molecule has 0 heterocycles. The molecular formula is C14H31O6P. The molecule has 0 rings (SSSR count). The summed E-state index contributed by atoms with van der Waals surface area (Å²) in [6, 6.07) is 0. The second-order valence-corrected chi connectivity index (χ2v) is 6.49. The van der Waals surface area contributed by atoms with E-state index in [1.807, 2.05) is 0 Å². The highest BCUT2D eigenvalue weighted by molar-refractivity contribution is 7.47. The summed E-state index contributed by atoms with van der Waals surface area (Å²) >= 11 is 0. The van der Waals surface area contributed by atoms with Crippen LogP contribution in [0.25, 0.3) is 0 Å². The second-order valence-electron chi connectivity index (χ2n) is 4.93. The molecule has 0 aromatic heterocycles. The molecule has 0 aromatic carbocycles. The van der Waals surface area contributed by atoms with Crippen molar-refractivity contribution in [1.82, 2.24) is 0 Å². The normalized spacial score (nSPS) is 15.8. The maximum atomic E-state index is 11.3. The van der Waals surface area contributed by atoms with E-state index in [0.29, 0.717) is 19.8 Å². The summed E-state index contributed by atoms with van der Waals surface area (Å²) in [5, 5.41) is 0. The average Bonchev–Trinajstić information content (AvgIpc) is 2.48. The molecule has 2 atom stereocenters. The minimum absolute atomic E-state index is 0.0124. The van der Waals surface area contributed by atoms with Crippen molar-refractivity contribution in [1.29, 1.82) is 0 Å². The lowest BCUT2D eigenvalue weighted by Crippen LogP contribution is -2.26. The zero-order valence-electron chi connectivity index (χ0n) is 13.6. The molecule has 128 valence electrons. The fourth-order valence-electron chi connectivity index (χ4n) is 1.65. The minimum Gasteiger partial charge on any atom is -0.379 e. The molecule has 0 bridgehead atoms. The van der Waals surface area contributed by atoms with Gasteiger partial charge >= 0.3 is 7.82 Å². The van der Waals surface area contributed by atoms with Gasteiger partial charge in [0.15, 0.2) is 0 Å². The lowest BCUT2D eigenvalue weighted by Gasteiger charge is -2.19. The van der Waals surface area contributed by atoms with Crippen molar-refractivity contribution in [2.75, 3.05) is 33.5 Å². The van der Waals surface area contributed by atoms with E-state index in [-0.39, 0.29) is 12.7 Å². The molecule has 0 aromatic rings. The van der Waals surface area contributed by atoms with Crippen LogP contribution in [0.2, 0.25) is 0 Å². The van der Waals surface area contributed by atoms with Crippen LogP contribution in [0.5, 0.6) is 0 Å². The maximum Gasteiger partial charge on any atom is 0.472 e. The molecule has 0 fully saturated rings. The smallest absolute Gasteiger partial charge is 0.379 e. The quantitative estimate of drug-likeness (QED) is 0.366. The average molecular weight is 326 g/mol. The molecular weight excluding hydrogens is 295 g/mol. The lowest BCUT2D eigenvalue weighted by molar-refractivity contribution is -0.0435. The molecule has 0 saturated heterocycles. The zero-order chi connectivity index (χ0) is 16.0. The molecule has 0 spiro atoms. The van der Waals surface area contributed by atoms with Gasteiger partial charge in [-0.05, 0) is 12.8 Å². The van der Waals surface area contributed by atoms with E-state index >= 15 is 0 Å². The van der Waals surface area contributed by atoms with Crippen molar-refractivity contribution < 1.29 is 28.0 Å². The van der Waals surface area contributed by atoms with Crippen molar-refractivity contribution >= 4 is 7.82 Å². The number of hydrogen-bond acceptors (Lipinski definition) is 5. The number of phosphoric ester groups is 1. The molecule has 0 aliphatic rings. The zero-order valence-corrected chi connectivity index (χ0v) is 14.5. The van der Waals surface area contributed by atoms with Gasteiger partial charge in [-0.15, -0.1) is 0 Å². The van der Waals surface area contributed by atoms with Crippen LogP contribution in [0.3, 0.4) is 0 Å². The summed E-state index contributed by atoms with van der Waals surface area (Å²) in [7, 11) is -2.82. The third kappa shape index (κ3) is 13.4. The van der Waals surface area contributed by atoms with Crippen LogP contribution in [-0.2, 0) is 23.1 Å². The monoisotopic (exact) mass is 326 g/mol. The van der Waals surface area contributed by atoms with Crippen LogP contribution in [0.1, 0.15) is 52.4 Å². The molecule has 1 N–H and O–H groups in total. The van der Waals surface area contributed by atoms with Gasteiger partial charge in [-0.3, -0.25) is 9.05 Å². The summed E-state index contributed by atoms with van der Waals surface area (Å²) in [5.74, 6) is 0. The Morgan fingerprint density at radius 3 is 2.19 bits per heavy atom. The van der Waals surface area contributed by atoms with Crippen LogP contribution >= 0.6 is 7.82 Å². The van der Waals surface area contributed by atoms with Crippen molar-refractivity contribution in [2.24, 2.45) is 0 Å². The van der Waals surface area contributed by atoms with Crippen molar-refractivity contribution in [3.8, 4) is 0 Å². The van der Waals surface area contributed by atoms with Crippen LogP contribution < -0.4 is 0 Å². The van der Waals surface area contributed by atoms with E-state index in [4.69, 9.17) is 14.0 Å². The Kier molecular flexibility index (Phi) is 13.7. The number of rotatable bonds is 15. The first-order valence-corrected chi connectivity index (χ1v) is 9.27. The highest BCUT2D eigenvalue weighted by Crippen LogP contribution is 2.41. The van der Waals surface area contributed by atoms with Gasteiger partial charge in [0.05, 0.1) is 13.2 Å². The molecule has 7 heteroatoms. The van der Waals surface area contributed by atoms with Gasteiger partial charge in [0, 0.05) is 20.3 Å². The van der Waals surface area contributed by atoms with Crippen LogP contribution in [0.15, 0.2) is 0 Å². The Morgan fingerprint density at radius 1 is 1.00 bits per heavy atom. The molecule has 6 nitrogen and oxygen atoms in total. The summed E-state index contributed by atoms with van der Waals surface area (Å²) in [4.78, 5) is 9.24. The van der Waals surface area contributed by atoms with Crippen LogP contribution in [-0.4, -0.2) is 44.5 Å².